The number of carbonyl (C=O) groups excluding carboxylic acids is 2. The molecule has 0 unspecified atom stereocenters. The Morgan fingerprint density at radius 1 is 0.829 bits per heavy atom. The Morgan fingerprint density at radius 3 is 2.26 bits per heavy atom. The van der Waals surface area contributed by atoms with Crippen molar-refractivity contribution < 1.29 is 22.7 Å². The van der Waals surface area contributed by atoms with Crippen LogP contribution in [-0.4, -0.2) is 44.7 Å². The zero-order chi connectivity index (χ0) is 24.8. The minimum absolute atomic E-state index is 0.0811. The number of carbonyl (C=O) groups is 2. The van der Waals surface area contributed by atoms with Gasteiger partial charge < -0.3 is 15.4 Å². The third kappa shape index (κ3) is 5.70. The highest BCUT2D eigenvalue weighted by atomic mass is 32.2. The largest absolute Gasteiger partial charge is 0.497 e. The number of sulfonamides is 1. The van der Waals surface area contributed by atoms with E-state index in [1.165, 1.54) is 16.4 Å². The molecule has 2 N–H and O–H groups in total. The number of benzene rings is 3. The van der Waals surface area contributed by atoms with E-state index in [2.05, 4.69) is 10.6 Å². The van der Waals surface area contributed by atoms with Gasteiger partial charge in [0.15, 0.2) is 0 Å². The first-order valence-corrected chi connectivity index (χ1v) is 12.8. The molecule has 1 heterocycles. The normalized spacial score (nSPS) is 14.2. The highest BCUT2D eigenvalue weighted by molar-refractivity contribution is 7.89. The summed E-state index contributed by atoms with van der Waals surface area (Å²) in [6.45, 7) is 0.963. The lowest BCUT2D eigenvalue weighted by atomic mass is 10.1. The summed E-state index contributed by atoms with van der Waals surface area (Å²) in [5.74, 6) is -0.238. The van der Waals surface area contributed by atoms with E-state index in [0.29, 0.717) is 30.2 Å². The van der Waals surface area contributed by atoms with E-state index in [-0.39, 0.29) is 16.0 Å². The van der Waals surface area contributed by atoms with Gasteiger partial charge in [0.2, 0.25) is 10.0 Å². The molecular formula is C26H27N3O5S. The number of ether oxygens (including phenoxy) is 1. The first kappa shape index (κ1) is 24.4. The molecule has 0 saturated carbocycles. The van der Waals surface area contributed by atoms with Gasteiger partial charge in [-0.2, -0.15) is 4.31 Å². The molecule has 3 aromatic rings. The Hall–Kier alpha value is -3.69. The molecule has 1 aliphatic heterocycles. The molecule has 4 rings (SSSR count). The second-order valence-electron chi connectivity index (χ2n) is 8.17. The molecule has 1 saturated heterocycles. The second-order valence-corrected chi connectivity index (χ2v) is 10.1. The summed E-state index contributed by atoms with van der Waals surface area (Å²) in [4.78, 5) is 26.0. The summed E-state index contributed by atoms with van der Waals surface area (Å²) in [7, 11) is -2.11. The van der Waals surface area contributed by atoms with Crippen molar-refractivity contribution in [3.8, 4) is 5.75 Å². The van der Waals surface area contributed by atoms with Crippen LogP contribution in [0.25, 0.3) is 0 Å². The van der Waals surface area contributed by atoms with Gasteiger partial charge in [-0.1, -0.05) is 24.6 Å². The average Bonchev–Trinajstić information content (AvgIpc) is 2.90. The van der Waals surface area contributed by atoms with Gasteiger partial charge in [0, 0.05) is 24.3 Å². The van der Waals surface area contributed by atoms with Crippen molar-refractivity contribution in [3.63, 3.8) is 0 Å². The zero-order valence-electron chi connectivity index (χ0n) is 19.4. The molecule has 0 radical (unpaired) electrons. The molecule has 1 aliphatic rings. The van der Waals surface area contributed by atoms with Gasteiger partial charge in [0.1, 0.15) is 5.75 Å². The lowest BCUT2D eigenvalue weighted by Crippen LogP contribution is -2.35. The van der Waals surface area contributed by atoms with Crippen molar-refractivity contribution in [1.82, 2.24) is 4.31 Å². The van der Waals surface area contributed by atoms with E-state index in [0.717, 1.165) is 19.3 Å². The lowest BCUT2D eigenvalue weighted by Gasteiger charge is -2.26. The standard InChI is InChI=1S/C26H27N3O5S/c1-34-21-14-12-20(13-15-21)27-26(31)23-10-3-4-11-24(23)28-25(30)19-8-7-9-22(18-19)35(32,33)29-16-5-2-6-17-29/h3-4,7-15,18H,2,5-6,16-17H2,1H3,(H,27,31)(H,28,30). The maximum Gasteiger partial charge on any atom is 0.257 e. The van der Waals surface area contributed by atoms with Crippen LogP contribution in [0.15, 0.2) is 77.7 Å². The number of nitrogens with zero attached hydrogens (tertiary/aromatic N) is 1. The van der Waals surface area contributed by atoms with Crippen molar-refractivity contribution in [2.45, 2.75) is 24.2 Å². The number of amides is 2. The van der Waals surface area contributed by atoms with Crippen LogP contribution in [0.3, 0.4) is 0 Å². The Kier molecular flexibility index (Phi) is 7.48. The number of para-hydroxylation sites is 1. The van der Waals surface area contributed by atoms with E-state index in [4.69, 9.17) is 4.74 Å². The molecule has 35 heavy (non-hydrogen) atoms. The first-order valence-electron chi connectivity index (χ1n) is 11.3. The van der Waals surface area contributed by atoms with E-state index < -0.39 is 21.8 Å². The van der Waals surface area contributed by atoms with Gasteiger partial charge >= 0.3 is 0 Å². The molecule has 0 spiro atoms. The lowest BCUT2D eigenvalue weighted by molar-refractivity contribution is 0.102. The number of methoxy groups -OCH3 is 1. The van der Waals surface area contributed by atoms with Gasteiger partial charge in [-0.05, 0) is 67.4 Å². The van der Waals surface area contributed by atoms with E-state index in [1.807, 2.05) is 0 Å². The SMILES string of the molecule is COc1ccc(NC(=O)c2ccccc2NC(=O)c2cccc(S(=O)(=O)N3CCCCC3)c2)cc1. The quantitative estimate of drug-likeness (QED) is 0.508. The van der Waals surface area contributed by atoms with Gasteiger partial charge in [-0.3, -0.25) is 9.59 Å². The number of piperidine rings is 1. The summed E-state index contributed by atoms with van der Waals surface area (Å²) in [6, 6.07) is 19.5. The summed E-state index contributed by atoms with van der Waals surface area (Å²) in [5.41, 5.74) is 1.35. The minimum atomic E-state index is -3.67. The van der Waals surface area contributed by atoms with Crippen LogP contribution in [0, 0.1) is 0 Å². The van der Waals surface area contributed by atoms with Crippen LogP contribution in [0.2, 0.25) is 0 Å². The zero-order valence-corrected chi connectivity index (χ0v) is 20.2. The Labute approximate surface area is 205 Å². The van der Waals surface area contributed by atoms with E-state index in [1.54, 1.807) is 67.8 Å². The number of anilines is 2. The molecule has 8 nitrogen and oxygen atoms in total. The molecule has 182 valence electrons. The van der Waals surface area contributed by atoms with Crippen LogP contribution >= 0.6 is 0 Å². The predicted octanol–water partition coefficient (Wildman–Crippen LogP) is 4.37. The Morgan fingerprint density at radius 2 is 1.54 bits per heavy atom. The third-order valence-electron chi connectivity index (χ3n) is 5.82. The maximum atomic E-state index is 13.0. The summed E-state index contributed by atoms with van der Waals surface area (Å²) < 4.78 is 32.6. The molecular weight excluding hydrogens is 466 g/mol. The van der Waals surface area contributed by atoms with Crippen LogP contribution in [0.1, 0.15) is 40.0 Å². The fraction of sp³-hybridized carbons (Fsp3) is 0.231. The molecule has 0 bridgehead atoms. The van der Waals surface area contributed by atoms with Crippen LogP contribution in [-0.2, 0) is 10.0 Å². The second kappa shape index (κ2) is 10.7. The number of rotatable bonds is 7. The molecule has 2 amide bonds. The highest BCUT2D eigenvalue weighted by Crippen LogP contribution is 2.23. The van der Waals surface area contributed by atoms with Crippen molar-refractivity contribution >= 4 is 33.2 Å². The van der Waals surface area contributed by atoms with Gasteiger partial charge in [0.05, 0.1) is 23.3 Å². The van der Waals surface area contributed by atoms with Crippen molar-refractivity contribution in [3.05, 3.63) is 83.9 Å². The third-order valence-corrected chi connectivity index (χ3v) is 7.71. The van der Waals surface area contributed by atoms with Crippen molar-refractivity contribution in [1.29, 1.82) is 0 Å². The van der Waals surface area contributed by atoms with Gasteiger partial charge in [-0.25, -0.2) is 8.42 Å². The highest BCUT2D eigenvalue weighted by Gasteiger charge is 2.26. The Balaban J connectivity index is 1.51. The average molecular weight is 494 g/mol. The fourth-order valence-corrected chi connectivity index (χ4v) is 5.47. The minimum Gasteiger partial charge on any atom is -0.497 e. The van der Waals surface area contributed by atoms with Crippen molar-refractivity contribution in [2.24, 2.45) is 0 Å². The summed E-state index contributed by atoms with van der Waals surface area (Å²) in [5, 5.41) is 5.54. The number of hydrogen-bond acceptors (Lipinski definition) is 5. The van der Waals surface area contributed by atoms with Gasteiger partial charge in [-0.15, -0.1) is 0 Å². The molecule has 3 aromatic carbocycles. The van der Waals surface area contributed by atoms with Crippen molar-refractivity contribution in [2.75, 3.05) is 30.8 Å². The topological polar surface area (TPSA) is 105 Å². The summed E-state index contributed by atoms with van der Waals surface area (Å²) >= 11 is 0. The monoisotopic (exact) mass is 493 g/mol. The first-order chi connectivity index (χ1) is 16.9. The molecule has 9 heteroatoms. The van der Waals surface area contributed by atoms with Crippen LogP contribution < -0.4 is 15.4 Å². The van der Waals surface area contributed by atoms with Crippen LogP contribution in [0.4, 0.5) is 11.4 Å². The fourth-order valence-electron chi connectivity index (χ4n) is 3.91. The maximum absolute atomic E-state index is 13.0. The van der Waals surface area contributed by atoms with Crippen LogP contribution in [0.5, 0.6) is 5.75 Å². The van der Waals surface area contributed by atoms with E-state index in [9.17, 15) is 18.0 Å². The molecule has 1 fully saturated rings. The molecule has 0 aliphatic carbocycles. The number of nitrogens with one attached hydrogen (secondary N) is 2. The Bertz CT molecular complexity index is 1320. The number of hydrogen-bond donors (Lipinski definition) is 2. The molecule has 0 aromatic heterocycles. The van der Waals surface area contributed by atoms with Gasteiger partial charge in [0.25, 0.3) is 11.8 Å². The predicted molar refractivity (Wildman–Crippen MR) is 134 cm³/mol. The smallest absolute Gasteiger partial charge is 0.257 e. The van der Waals surface area contributed by atoms with E-state index >= 15 is 0 Å². The molecule has 0 atom stereocenters. The summed E-state index contributed by atoms with van der Waals surface area (Å²) in [6.07, 6.45) is 2.67.